The summed E-state index contributed by atoms with van der Waals surface area (Å²) in [5.74, 6) is 3.34. The molecule has 4 nitrogen and oxygen atoms in total. The van der Waals surface area contributed by atoms with Gasteiger partial charge in [-0.25, -0.2) is 0 Å². The Morgan fingerprint density at radius 2 is 1.93 bits per heavy atom. The average Bonchev–Trinajstić information content (AvgIpc) is 3.02. The molecule has 4 rings (SSSR count). The minimum atomic E-state index is -0.388. The molecule has 0 saturated heterocycles. The third-order valence-electron chi connectivity index (χ3n) is 8.89. The van der Waals surface area contributed by atoms with Gasteiger partial charge in [-0.05, 0) is 86.9 Å². The van der Waals surface area contributed by atoms with Gasteiger partial charge >= 0.3 is 5.97 Å². The number of hydrogen-bond acceptors (Lipinski definition) is 3. The maximum absolute atomic E-state index is 12.7. The van der Waals surface area contributed by atoms with Gasteiger partial charge in [-0.15, -0.1) is 0 Å². The van der Waals surface area contributed by atoms with Crippen LogP contribution in [0.2, 0.25) is 0 Å². The molecule has 3 fully saturated rings. The third-order valence-corrected chi connectivity index (χ3v) is 8.89. The summed E-state index contributed by atoms with van der Waals surface area (Å²) in [6.45, 7) is 4.71. The predicted octanol–water partition coefficient (Wildman–Crippen LogP) is 4.24. The van der Waals surface area contributed by atoms with E-state index in [1.165, 1.54) is 64.0 Å². The molecule has 0 aromatic carbocycles. The van der Waals surface area contributed by atoms with Crippen molar-refractivity contribution >= 4 is 11.9 Å². The van der Waals surface area contributed by atoms with Crippen molar-refractivity contribution in [1.29, 1.82) is 0 Å². The summed E-state index contributed by atoms with van der Waals surface area (Å²) < 4.78 is 4.65. The topological polar surface area (TPSA) is 55.4 Å². The zero-order chi connectivity index (χ0) is 19.2. The van der Waals surface area contributed by atoms with Gasteiger partial charge in [0.2, 0.25) is 5.91 Å². The number of hydrogen-bond donors (Lipinski definition) is 1. The van der Waals surface area contributed by atoms with Gasteiger partial charge in [0.05, 0.1) is 7.11 Å². The third kappa shape index (κ3) is 3.13. The summed E-state index contributed by atoms with van der Waals surface area (Å²) in [7, 11) is 1.35. The Balaban J connectivity index is 1.49. The average molecular weight is 374 g/mol. The van der Waals surface area contributed by atoms with Crippen LogP contribution in [-0.2, 0) is 14.3 Å². The highest BCUT2D eigenvalue weighted by Gasteiger charge is 2.55. The van der Waals surface area contributed by atoms with Gasteiger partial charge in [-0.1, -0.05) is 25.3 Å². The highest BCUT2D eigenvalue weighted by atomic mass is 16.5. The van der Waals surface area contributed by atoms with Gasteiger partial charge in [0.15, 0.2) is 0 Å². The van der Waals surface area contributed by atoms with Crippen LogP contribution in [0.4, 0.5) is 0 Å². The summed E-state index contributed by atoms with van der Waals surface area (Å²) in [5.41, 5.74) is 2.78. The van der Waals surface area contributed by atoms with Crippen molar-refractivity contribution < 1.29 is 14.3 Å². The van der Waals surface area contributed by atoms with E-state index in [-0.39, 0.29) is 18.4 Å². The van der Waals surface area contributed by atoms with Crippen molar-refractivity contribution in [2.45, 2.75) is 71.6 Å². The number of ether oxygens (including phenoxy) is 1. The largest absolute Gasteiger partial charge is 0.468 e. The van der Waals surface area contributed by atoms with Crippen molar-refractivity contribution in [3.8, 4) is 0 Å². The van der Waals surface area contributed by atoms with E-state index < -0.39 is 0 Å². The number of carbonyl (C=O) groups is 2. The molecule has 4 heteroatoms. The number of fused-ring (bicyclic) bond motifs is 5. The van der Waals surface area contributed by atoms with Gasteiger partial charge in [0, 0.05) is 5.57 Å². The molecular formula is C23H35NO3. The van der Waals surface area contributed by atoms with E-state index in [0.29, 0.717) is 17.3 Å². The number of nitrogens with one attached hydrogen (secondary N) is 1. The van der Waals surface area contributed by atoms with E-state index in [1.807, 2.05) is 0 Å². The van der Waals surface area contributed by atoms with E-state index in [9.17, 15) is 9.59 Å². The number of amides is 1. The highest BCUT2D eigenvalue weighted by Crippen LogP contribution is 2.63. The Kier molecular flexibility index (Phi) is 5.11. The van der Waals surface area contributed by atoms with Gasteiger partial charge < -0.3 is 10.1 Å². The number of esters is 1. The second-order valence-corrected chi connectivity index (χ2v) is 9.77. The summed E-state index contributed by atoms with van der Waals surface area (Å²) >= 11 is 0. The molecule has 0 radical (unpaired) electrons. The van der Waals surface area contributed by atoms with Crippen molar-refractivity contribution in [2.24, 2.45) is 35.0 Å². The number of rotatable bonds is 3. The lowest BCUT2D eigenvalue weighted by molar-refractivity contribution is -0.140. The quantitative estimate of drug-likeness (QED) is 0.753. The molecule has 3 saturated carbocycles. The van der Waals surface area contributed by atoms with Crippen LogP contribution in [0.25, 0.3) is 0 Å². The second kappa shape index (κ2) is 7.25. The van der Waals surface area contributed by atoms with Gasteiger partial charge in [0.1, 0.15) is 6.54 Å². The van der Waals surface area contributed by atoms with Crippen LogP contribution in [0.3, 0.4) is 0 Å². The standard InChI is InChI=1S/C23H35NO3/c1-14-16-9-10-20-17(8-7-15-6-4-5-11-23(15,20)2)19(16)12-18(14)22(26)24-13-21(25)27-3/h15-17,19-20H,4-13H2,1-3H3,(H,24,26)/t15-,16+,17+,19-,20+,23+/m1/s1. The van der Waals surface area contributed by atoms with Crippen LogP contribution >= 0.6 is 0 Å². The Morgan fingerprint density at radius 3 is 2.70 bits per heavy atom. The molecule has 1 N–H and O–H groups in total. The predicted molar refractivity (Wildman–Crippen MR) is 105 cm³/mol. The van der Waals surface area contributed by atoms with E-state index in [4.69, 9.17) is 0 Å². The molecule has 1 amide bonds. The van der Waals surface area contributed by atoms with Gasteiger partial charge in [-0.2, -0.15) is 0 Å². The summed E-state index contributed by atoms with van der Waals surface area (Å²) in [6.07, 6.45) is 11.9. The fraction of sp³-hybridized carbons (Fsp3) is 0.826. The Bertz CT molecular complexity index is 654. The lowest BCUT2D eigenvalue weighted by Gasteiger charge is -2.58. The molecule has 0 aliphatic heterocycles. The van der Waals surface area contributed by atoms with Crippen LogP contribution in [0.1, 0.15) is 71.6 Å². The molecule has 4 aliphatic carbocycles. The molecule has 0 heterocycles. The minimum Gasteiger partial charge on any atom is -0.468 e. The number of allylic oxidation sites excluding steroid dienone is 1. The summed E-state index contributed by atoms with van der Waals surface area (Å²) in [5, 5.41) is 2.77. The zero-order valence-electron chi connectivity index (χ0n) is 17.2. The Hall–Kier alpha value is -1.32. The van der Waals surface area contributed by atoms with Crippen molar-refractivity contribution in [1.82, 2.24) is 5.32 Å². The molecule has 0 aromatic rings. The van der Waals surface area contributed by atoms with Gasteiger partial charge in [-0.3, -0.25) is 9.59 Å². The highest BCUT2D eigenvalue weighted by molar-refractivity contribution is 5.96. The molecule has 0 spiro atoms. The molecule has 0 aromatic heterocycles. The van der Waals surface area contributed by atoms with Crippen LogP contribution in [0.15, 0.2) is 11.1 Å². The fourth-order valence-corrected chi connectivity index (χ4v) is 7.46. The van der Waals surface area contributed by atoms with Crippen molar-refractivity contribution in [2.75, 3.05) is 13.7 Å². The molecule has 0 unspecified atom stereocenters. The van der Waals surface area contributed by atoms with E-state index in [1.54, 1.807) is 0 Å². The SMILES string of the molecule is COC(=O)CNC(=O)C1=C(C)[C@@H]2CC[C@H]3[C@@H](CC[C@H]4CCCC[C@@]43C)[C@@H]2C1. The molecule has 27 heavy (non-hydrogen) atoms. The number of carbonyl (C=O) groups excluding carboxylic acids is 2. The van der Waals surface area contributed by atoms with Crippen molar-refractivity contribution in [3.63, 3.8) is 0 Å². The Morgan fingerprint density at radius 1 is 1.11 bits per heavy atom. The van der Waals surface area contributed by atoms with Crippen LogP contribution in [-0.4, -0.2) is 25.5 Å². The second-order valence-electron chi connectivity index (χ2n) is 9.77. The fourth-order valence-electron chi connectivity index (χ4n) is 7.46. The first-order valence-corrected chi connectivity index (χ1v) is 11.0. The summed E-state index contributed by atoms with van der Waals surface area (Å²) in [4.78, 5) is 24.1. The molecule has 0 bridgehead atoms. The van der Waals surface area contributed by atoms with Crippen LogP contribution in [0, 0.1) is 35.0 Å². The smallest absolute Gasteiger partial charge is 0.325 e. The van der Waals surface area contributed by atoms with E-state index in [0.717, 1.165) is 29.7 Å². The summed E-state index contributed by atoms with van der Waals surface area (Å²) in [6, 6.07) is 0. The van der Waals surface area contributed by atoms with Crippen molar-refractivity contribution in [3.05, 3.63) is 11.1 Å². The molecule has 150 valence electrons. The van der Waals surface area contributed by atoms with E-state index in [2.05, 4.69) is 23.9 Å². The Labute approximate surface area is 163 Å². The zero-order valence-corrected chi connectivity index (χ0v) is 17.2. The maximum Gasteiger partial charge on any atom is 0.325 e. The monoisotopic (exact) mass is 373 g/mol. The first kappa shape index (κ1) is 19.0. The maximum atomic E-state index is 12.7. The molecule has 6 atom stereocenters. The molecule has 4 aliphatic rings. The first-order chi connectivity index (χ1) is 13.0. The van der Waals surface area contributed by atoms with E-state index >= 15 is 0 Å². The first-order valence-electron chi connectivity index (χ1n) is 11.0. The van der Waals surface area contributed by atoms with Crippen LogP contribution < -0.4 is 5.32 Å². The van der Waals surface area contributed by atoms with Crippen LogP contribution in [0.5, 0.6) is 0 Å². The number of methoxy groups -OCH3 is 1. The normalized spacial score (nSPS) is 40.6. The lowest BCUT2D eigenvalue weighted by atomic mass is 9.47. The van der Waals surface area contributed by atoms with Gasteiger partial charge in [0.25, 0.3) is 0 Å². The minimum absolute atomic E-state index is 0.0345. The molecular weight excluding hydrogens is 338 g/mol. The lowest BCUT2D eigenvalue weighted by Crippen LogP contribution is -2.50.